The molecule has 0 saturated carbocycles. The third-order valence-corrected chi connectivity index (χ3v) is 6.50. The molecule has 3 aromatic carbocycles. The van der Waals surface area contributed by atoms with E-state index in [2.05, 4.69) is 57.6 Å². The molecule has 0 fully saturated rings. The van der Waals surface area contributed by atoms with Crippen molar-refractivity contribution in [3.05, 3.63) is 108 Å². The second kappa shape index (κ2) is 10.8. The fraction of sp³-hybridized carbons (Fsp3) is 0.172. The maximum atomic E-state index is 13.7. The maximum absolute atomic E-state index is 13.7. The van der Waals surface area contributed by atoms with Crippen molar-refractivity contribution in [2.75, 3.05) is 30.4 Å². The van der Waals surface area contributed by atoms with E-state index >= 15 is 0 Å². The molecular weight excluding hydrogens is 473 g/mol. The minimum absolute atomic E-state index is 0.243. The monoisotopic (exact) mass is 499 g/mol. The fourth-order valence-electron chi connectivity index (χ4n) is 4.28. The van der Waals surface area contributed by atoms with Crippen molar-refractivity contribution >= 4 is 34.1 Å². The number of fused-ring (bicyclic) bond motifs is 1. The Bertz CT molecular complexity index is 1470. The smallest absolute Gasteiger partial charge is 0.126 e. The van der Waals surface area contributed by atoms with Crippen molar-refractivity contribution in [2.24, 2.45) is 0 Å². The van der Waals surface area contributed by atoms with E-state index in [0.717, 1.165) is 53.1 Å². The standard InChI is InChI=1S/C29H27ClFN5/c1-35(24-9-3-2-4-10-24)14-6-13-32-29-17-25(26(30)18-33-29)22-11-12-27-28(16-22)36(20-34-27)19-21-7-5-8-23(31)15-21/h2-5,7-12,15-18,20H,6,13-14,19H2,1H3,(H,32,33). The molecule has 0 unspecified atom stereocenters. The third kappa shape index (κ3) is 5.50. The summed E-state index contributed by atoms with van der Waals surface area (Å²) in [4.78, 5) is 11.2. The molecule has 0 atom stereocenters. The summed E-state index contributed by atoms with van der Waals surface area (Å²) in [7, 11) is 2.10. The Balaban J connectivity index is 1.29. The average molecular weight is 500 g/mol. The lowest BCUT2D eigenvalue weighted by atomic mass is 10.1. The summed E-state index contributed by atoms with van der Waals surface area (Å²) in [5.74, 6) is 0.540. The highest BCUT2D eigenvalue weighted by Crippen LogP contribution is 2.31. The van der Waals surface area contributed by atoms with Crippen LogP contribution in [0.15, 0.2) is 91.4 Å². The van der Waals surface area contributed by atoms with Gasteiger partial charge in [0.05, 0.1) is 22.4 Å². The van der Waals surface area contributed by atoms with Crippen LogP contribution >= 0.6 is 11.6 Å². The number of nitrogens with one attached hydrogen (secondary N) is 1. The SMILES string of the molecule is CN(CCCNc1cc(-c2ccc3ncn(Cc4cccc(F)c4)c3c2)c(Cl)cn1)c1ccccc1. The van der Waals surface area contributed by atoms with E-state index in [1.54, 1.807) is 24.7 Å². The molecule has 0 aliphatic heterocycles. The summed E-state index contributed by atoms with van der Waals surface area (Å²) < 4.78 is 15.7. The first kappa shape index (κ1) is 23.8. The van der Waals surface area contributed by atoms with Crippen molar-refractivity contribution in [2.45, 2.75) is 13.0 Å². The van der Waals surface area contributed by atoms with Crippen LogP contribution in [0.2, 0.25) is 5.02 Å². The summed E-state index contributed by atoms with van der Waals surface area (Å²) in [6, 6.07) is 25.0. The summed E-state index contributed by atoms with van der Waals surface area (Å²) >= 11 is 6.55. The molecule has 0 saturated heterocycles. The summed E-state index contributed by atoms with van der Waals surface area (Å²) in [5.41, 5.74) is 5.80. The molecule has 0 radical (unpaired) electrons. The lowest BCUT2D eigenvalue weighted by Crippen LogP contribution is -2.20. The van der Waals surface area contributed by atoms with Gasteiger partial charge in [-0.15, -0.1) is 0 Å². The van der Waals surface area contributed by atoms with Gasteiger partial charge >= 0.3 is 0 Å². The number of pyridine rings is 1. The molecule has 0 bridgehead atoms. The van der Waals surface area contributed by atoms with Gasteiger partial charge < -0.3 is 14.8 Å². The van der Waals surface area contributed by atoms with Gasteiger partial charge in [0.1, 0.15) is 11.6 Å². The molecule has 1 N–H and O–H groups in total. The number of hydrogen-bond acceptors (Lipinski definition) is 4. The van der Waals surface area contributed by atoms with Gasteiger partial charge in [0.2, 0.25) is 0 Å². The minimum atomic E-state index is -0.243. The Kier molecular flexibility index (Phi) is 7.14. The first-order chi connectivity index (χ1) is 17.6. The van der Waals surface area contributed by atoms with E-state index in [9.17, 15) is 4.39 Å². The van der Waals surface area contributed by atoms with Gasteiger partial charge in [0, 0.05) is 44.1 Å². The molecular formula is C29H27ClFN5. The number of anilines is 2. The normalized spacial score (nSPS) is 11.1. The van der Waals surface area contributed by atoms with Crippen molar-refractivity contribution in [3.63, 3.8) is 0 Å². The third-order valence-electron chi connectivity index (χ3n) is 6.20. The molecule has 0 aliphatic rings. The zero-order valence-corrected chi connectivity index (χ0v) is 20.8. The molecule has 2 aromatic heterocycles. The Morgan fingerprint density at radius 3 is 2.67 bits per heavy atom. The number of halogens is 2. The Morgan fingerprint density at radius 1 is 0.972 bits per heavy atom. The zero-order valence-electron chi connectivity index (χ0n) is 20.0. The van der Waals surface area contributed by atoms with Crippen LogP contribution in [-0.4, -0.2) is 34.7 Å². The summed E-state index contributed by atoms with van der Waals surface area (Å²) in [5, 5.41) is 4.00. The quantitative estimate of drug-likeness (QED) is 0.225. The predicted octanol–water partition coefficient (Wildman–Crippen LogP) is 6.88. The number of benzene rings is 3. The van der Waals surface area contributed by atoms with Crippen LogP contribution in [0.5, 0.6) is 0 Å². The van der Waals surface area contributed by atoms with Crippen LogP contribution in [0.4, 0.5) is 15.9 Å². The van der Waals surface area contributed by atoms with Crippen LogP contribution in [-0.2, 0) is 6.54 Å². The number of nitrogens with zero attached hydrogens (tertiary/aromatic N) is 4. The largest absolute Gasteiger partial charge is 0.375 e. The number of rotatable bonds is 9. The highest BCUT2D eigenvalue weighted by molar-refractivity contribution is 6.33. The van der Waals surface area contributed by atoms with Crippen LogP contribution < -0.4 is 10.2 Å². The number of aromatic nitrogens is 3. The molecule has 7 heteroatoms. The number of para-hydroxylation sites is 1. The van der Waals surface area contributed by atoms with Crippen molar-refractivity contribution in [3.8, 4) is 11.1 Å². The summed E-state index contributed by atoms with van der Waals surface area (Å²) in [6.45, 7) is 2.26. The summed E-state index contributed by atoms with van der Waals surface area (Å²) in [6.07, 6.45) is 4.44. The van der Waals surface area contributed by atoms with Crippen LogP contribution in [0.25, 0.3) is 22.2 Å². The van der Waals surface area contributed by atoms with E-state index in [-0.39, 0.29) is 5.82 Å². The number of hydrogen-bond donors (Lipinski definition) is 1. The molecule has 0 spiro atoms. The lowest BCUT2D eigenvalue weighted by molar-refractivity contribution is 0.624. The Morgan fingerprint density at radius 2 is 1.83 bits per heavy atom. The first-order valence-electron chi connectivity index (χ1n) is 11.9. The molecule has 182 valence electrons. The minimum Gasteiger partial charge on any atom is -0.375 e. The Labute approximate surface area is 215 Å². The van der Waals surface area contributed by atoms with E-state index in [4.69, 9.17) is 11.6 Å². The van der Waals surface area contributed by atoms with Crippen molar-refractivity contribution in [1.82, 2.24) is 14.5 Å². The van der Waals surface area contributed by atoms with Crippen molar-refractivity contribution < 1.29 is 4.39 Å². The highest BCUT2D eigenvalue weighted by atomic mass is 35.5. The van der Waals surface area contributed by atoms with E-state index in [0.29, 0.717) is 11.6 Å². The highest BCUT2D eigenvalue weighted by Gasteiger charge is 2.11. The zero-order chi connectivity index (χ0) is 24.9. The van der Waals surface area contributed by atoms with Gasteiger partial charge in [0.25, 0.3) is 0 Å². The molecule has 0 amide bonds. The van der Waals surface area contributed by atoms with Gasteiger partial charge in [-0.25, -0.2) is 14.4 Å². The first-order valence-corrected chi connectivity index (χ1v) is 12.3. The predicted molar refractivity (Wildman–Crippen MR) is 146 cm³/mol. The lowest BCUT2D eigenvalue weighted by Gasteiger charge is -2.19. The second-order valence-electron chi connectivity index (χ2n) is 8.79. The Hall–Kier alpha value is -3.90. The topological polar surface area (TPSA) is 46.0 Å². The van der Waals surface area contributed by atoms with Crippen LogP contribution in [0.3, 0.4) is 0 Å². The van der Waals surface area contributed by atoms with E-state index in [1.165, 1.54) is 11.8 Å². The average Bonchev–Trinajstić information content (AvgIpc) is 3.29. The molecule has 2 heterocycles. The van der Waals surface area contributed by atoms with Gasteiger partial charge in [0.15, 0.2) is 0 Å². The molecule has 0 aliphatic carbocycles. The van der Waals surface area contributed by atoms with Gasteiger partial charge in [-0.1, -0.05) is 48.0 Å². The molecule has 5 aromatic rings. The molecule has 5 nitrogen and oxygen atoms in total. The van der Waals surface area contributed by atoms with Crippen LogP contribution in [0.1, 0.15) is 12.0 Å². The van der Waals surface area contributed by atoms with Gasteiger partial charge in [-0.2, -0.15) is 0 Å². The van der Waals surface area contributed by atoms with E-state index in [1.807, 2.05) is 34.9 Å². The van der Waals surface area contributed by atoms with Crippen molar-refractivity contribution in [1.29, 1.82) is 0 Å². The maximum Gasteiger partial charge on any atom is 0.126 e. The van der Waals surface area contributed by atoms with Crippen LogP contribution in [0, 0.1) is 5.82 Å². The second-order valence-corrected chi connectivity index (χ2v) is 9.20. The number of imidazole rings is 1. The van der Waals surface area contributed by atoms with E-state index < -0.39 is 0 Å². The van der Waals surface area contributed by atoms with Gasteiger partial charge in [-0.3, -0.25) is 0 Å². The van der Waals surface area contributed by atoms with Gasteiger partial charge in [-0.05, 0) is 60.0 Å². The fourth-order valence-corrected chi connectivity index (χ4v) is 4.50. The molecule has 36 heavy (non-hydrogen) atoms. The molecule has 5 rings (SSSR count).